The number of pyridine rings is 1. The van der Waals surface area contributed by atoms with Gasteiger partial charge in [-0.25, -0.2) is 0 Å². The molecule has 1 heterocycles. The van der Waals surface area contributed by atoms with Crippen LogP contribution in [-0.2, 0) is 6.18 Å². The van der Waals surface area contributed by atoms with Crippen LogP contribution in [0, 0.1) is 0 Å². The van der Waals surface area contributed by atoms with Crippen molar-refractivity contribution < 1.29 is 13.2 Å². The van der Waals surface area contributed by atoms with E-state index in [4.69, 9.17) is 0 Å². The summed E-state index contributed by atoms with van der Waals surface area (Å²) >= 11 is 0. The van der Waals surface area contributed by atoms with Gasteiger partial charge in [-0.2, -0.15) is 13.2 Å². The summed E-state index contributed by atoms with van der Waals surface area (Å²) < 4.78 is 38.4. The van der Waals surface area contributed by atoms with Gasteiger partial charge in [0.15, 0.2) is 0 Å². The van der Waals surface area contributed by atoms with Crippen LogP contribution in [0.15, 0.2) is 59.4 Å². The zero-order chi connectivity index (χ0) is 15.0. The molecule has 3 aromatic rings. The van der Waals surface area contributed by atoms with E-state index >= 15 is 0 Å². The Kier molecular flexibility index (Phi) is 3.05. The number of halogens is 3. The van der Waals surface area contributed by atoms with E-state index in [0.717, 1.165) is 12.1 Å². The number of benzene rings is 2. The molecule has 106 valence electrons. The Morgan fingerprint density at radius 3 is 2.43 bits per heavy atom. The minimum atomic E-state index is -4.41. The molecule has 3 rings (SSSR count). The third-order valence-electron chi connectivity index (χ3n) is 3.25. The van der Waals surface area contributed by atoms with Gasteiger partial charge < -0.3 is 4.98 Å². The molecule has 0 aliphatic rings. The number of hydrogen-bond donors (Lipinski definition) is 1. The van der Waals surface area contributed by atoms with Crippen LogP contribution in [-0.4, -0.2) is 4.98 Å². The Morgan fingerprint density at radius 2 is 1.67 bits per heavy atom. The largest absolute Gasteiger partial charge is 0.416 e. The summed E-state index contributed by atoms with van der Waals surface area (Å²) in [5.74, 6) is 0. The van der Waals surface area contributed by atoms with Crippen molar-refractivity contribution in [3.05, 3.63) is 70.5 Å². The topological polar surface area (TPSA) is 32.9 Å². The SMILES string of the molecule is O=c1cc(-c2cccc(C(F)(F)F)c2)c2ccccc2[nH]1. The van der Waals surface area contributed by atoms with Crippen LogP contribution < -0.4 is 5.56 Å². The standard InChI is InChI=1S/C16H10F3NO/c17-16(18,19)11-5-3-4-10(8-11)13-9-15(21)20-14-7-2-1-6-12(13)14/h1-9H,(H,20,21). The van der Waals surface area contributed by atoms with E-state index in [2.05, 4.69) is 4.98 Å². The minimum absolute atomic E-state index is 0.346. The second kappa shape index (κ2) is 4.77. The van der Waals surface area contributed by atoms with Gasteiger partial charge in [0.1, 0.15) is 0 Å². The van der Waals surface area contributed by atoms with Gasteiger partial charge in [0, 0.05) is 17.0 Å². The molecule has 5 heteroatoms. The summed E-state index contributed by atoms with van der Waals surface area (Å²) in [6.45, 7) is 0. The summed E-state index contributed by atoms with van der Waals surface area (Å²) in [5.41, 5.74) is 0.371. The van der Waals surface area contributed by atoms with Crippen molar-refractivity contribution in [2.75, 3.05) is 0 Å². The molecular weight excluding hydrogens is 279 g/mol. The molecule has 0 spiro atoms. The normalized spacial score (nSPS) is 11.8. The van der Waals surface area contributed by atoms with E-state index < -0.39 is 11.7 Å². The lowest BCUT2D eigenvalue weighted by Gasteiger charge is -2.10. The molecule has 0 unspecified atom stereocenters. The Morgan fingerprint density at radius 1 is 0.905 bits per heavy atom. The zero-order valence-corrected chi connectivity index (χ0v) is 10.7. The molecule has 0 saturated heterocycles. The minimum Gasteiger partial charge on any atom is -0.322 e. The number of H-pyrrole nitrogens is 1. The van der Waals surface area contributed by atoms with Gasteiger partial charge >= 0.3 is 6.18 Å². The maximum atomic E-state index is 12.8. The third kappa shape index (κ3) is 2.54. The van der Waals surface area contributed by atoms with Crippen LogP contribution in [0.2, 0.25) is 0 Å². The van der Waals surface area contributed by atoms with Crippen molar-refractivity contribution >= 4 is 10.9 Å². The predicted molar refractivity (Wildman–Crippen MR) is 75.0 cm³/mol. The van der Waals surface area contributed by atoms with Gasteiger partial charge in [-0.15, -0.1) is 0 Å². The van der Waals surface area contributed by atoms with E-state index in [9.17, 15) is 18.0 Å². The number of nitrogens with one attached hydrogen (secondary N) is 1. The van der Waals surface area contributed by atoms with E-state index in [-0.39, 0.29) is 5.56 Å². The highest BCUT2D eigenvalue weighted by molar-refractivity contribution is 5.94. The molecule has 1 aromatic heterocycles. The van der Waals surface area contributed by atoms with Crippen LogP contribution in [0.5, 0.6) is 0 Å². The predicted octanol–water partition coefficient (Wildman–Crippen LogP) is 4.21. The van der Waals surface area contributed by atoms with Crippen molar-refractivity contribution in [1.82, 2.24) is 4.98 Å². The zero-order valence-electron chi connectivity index (χ0n) is 10.7. The Balaban J connectivity index is 2.28. The molecule has 2 nitrogen and oxygen atoms in total. The quantitative estimate of drug-likeness (QED) is 0.715. The van der Waals surface area contributed by atoms with Crippen LogP contribution >= 0.6 is 0 Å². The van der Waals surface area contributed by atoms with Gasteiger partial charge in [0.05, 0.1) is 5.56 Å². The van der Waals surface area contributed by atoms with Gasteiger partial charge in [-0.3, -0.25) is 4.79 Å². The van der Waals surface area contributed by atoms with Gasteiger partial charge in [-0.1, -0.05) is 30.3 Å². The average Bonchev–Trinajstić information content (AvgIpc) is 2.45. The maximum Gasteiger partial charge on any atom is 0.416 e. The number of alkyl halides is 3. The van der Waals surface area contributed by atoms with Crippen LogP contribution in [0.4, 0.5) is 13.2 Å². The van der Waals surface area contributed by atoms with Crippen molar-refractivity contribution in [3.8, 4) is 11.1 Å². The van der Waals surface area contributed by atoms with Gasteiger partial charge in [0.25, 0.3) is 0 Å². The number of aromatic amines is 1. The Labute approximate surface area is 117 Å². The first-order valence-corrected chi connectivity index (χ1v) is 6.25. The lowest BCUT2D eigenvalue weighted by molar-refractivity contribution is -0.137. The third-order valence-corrected chi connectivity index (χ3v) is 3.25. The Hall–Kier alpha value is -2.56. The molecule has 0 aliphatic heterocycles. The highest BCUT2D eigenvalue weighted by atomic mass is 19.4. The molecule has 0 saturated carbocycles. The summed E-state index contributed by atoms with van der Waals surface area (Å²) in [6, 6.07) is 13.3. The number of para-hydroxylation sites is 1. The van der Waals surface area contributed by atoms with Crippen molar-refractivity contribution in [1.29, 1.82) is 0 Å². The van der Waals surface area contributed by atoms with Gasteiger partial charge in [-0.05, 0) is 29.3 Å². The summed E-state index contributed by atoms with van der Waals surface area (Å²) in [4.78, 5) is 14.3. The summed E-state index contributed by atoms with van der Waals surface area (Å²) in [7, 11) is 0. The lowest BCUT2D eigenvalue weighted by atomic mass is 9.99. The van der Waals surface area contributed by atoms with Crippen molar-refractivity contribution in [2.45, 2.75) is 6.18 Å². The molecule has 0 radical (unpaired) electrons. The molecule has 1 N–H and O–H groups in total. The number of fused-ring (bicyclic) bond motifs is 1. The first kappa shape index (κ1) is 13.4. The molecule has 0 bridgehead atoms. The molecule has 0 fully saturated rings. The summed E-state index contributed by atoms with van der Waals surface area (Å²) in [5, 5.41) is 0.705. The molecule has 0 aliphatic carbocycles. The highest BCUT2D eigenvalue weighted by Crippen LogP contribution is 2.33. The van der Waals surface area contributed by atoms with Crippen LogP contribution in [0.25, 0.3) is 22.0 Å². The summed E-state index contributed by atoms with van der Waals surface area (Å²) in [6.07, 6.45) is -4.41. The number of aromatic nitrogens is 1. The lowest BCUT2D eigenvalue weighted by Crippen LogP contribution is -2.06. The molecule has 2 aromatic carbocycles. The van der Waals surface area contributed by atoms with Crippen LogP contribution in [0.1, 0.15) is 5.56 Å². The maximum absolute atomic E-state index is 12.8. The first-order valence-electron chi connectivity index (χ1n) is 6.25. The van der Waals surface area contributed by atoms with E-state index in [1.54, 1.807) is 30.3 Å². The molecule has 0 amide bonds. The first-order chi connectivity index (χ1) is 9.95. The fraction of sp³-hybridized carbons (Fsp3) is 0.0625. The smallest absolute Gasteiger partial charge is 0.322 e. The van der Waals surface area contributed by atoms with Crippen LogP contribution in [0.3, 0.4) is 0 Å². The number of hydrogen-bond acceptors (Lipinski definition) is 1. The second-order valence-corrected chi connectivity index (χ2v) is 4.67. The Bertz CT molecular complexity index is 865. The van der Waals surface area contributed by atoms with E-state index in [1.807, 2.05) is 0 Å². The molecular formula is C16H10F3NO. The second-order valence-electron chi connectivity index (χ2n) is 4.67. The molecule has 0 atom stereocenters. The van der Waals surface area contributed by atoms with Crippen molar-refractivity contribution in [3.63, 3.8) is 0 Å². The van der Waals surface area contributed by atoms with E-state index in [1.165, 1.54) is 12.1 Å². The average molecular weight is 289 g/mol. The number of rotatable bonds is 1. The monoisotopic (exact) mass is 289 g/mol. The van der Waals surface area contributed by atoms with Crippen molar-refractivity contribution in [2.24, 2.45) is 0 Å². The highest BCUT2D eigenvalue weighted by Gasteiger charge is 2.30. The van der Waals surface area contributed by atoms with E-state index in [0.29, 0.717) is 22.0 Å². The fourth-order valence-corrected chi connectivity index (χ4v) is 2.31. The van der Waals surface area contributed by atoms with Gasteiger partial charge in [0.2, 0.25) is 5.56 Å². The molecule has 21 heavy (non-hydrogen) atoms. The fourth-order valence-electron chi connectivity index (χ4n) is 2.31.